The van der Waals surface area contributed by atoms with Gasteiger partial charge in [0, 0.05) is 5.54 Å². The van der Waals surface area contributed by atoms with Crippen LogP contribution in [0.15, 0.2) is 0 Å². The molecule has 1 unspecified atom stereocenters. The van der Waals surface area contributed by atoms with E-state index >= 15 is 0 Å². The first-order valence-corrected chi connectivity index (χ1v) is 7.34. The number of esters is 1. The Bertz CT molecular complexity index is 376. The Hall–Kier alpha value is -0.620. The van der Waals surface area contributed by atoms with Gasteiger partial charge in [0.15, 0.2) is 0 Å². The van der Waals surface area contributed by atoms with Crippen molar-refractivity contribution in [3.8, 4) is 0 Å². The summed E-state index contributed by atoms with van der Waals surface area (Å²) >= 11 is 0. The van der Waals surface area contributed by atoms with Crippen molar-refractivity contribution in [2.75, 3.05) is 25.2 Å². The summed E-state index contributed by atoms with van der Waals surface area (Å²) in [4.78, 5) is 11.6. The van der Waals surface area contributed by atoms with Crippen LogP contribution < -0.4 is 5.32 Å². The second-order valence-electron chi connectivity index (χ2n) is 4.60. The van der Waals surface area contributed by atoms with E-state index in [9.17, 15) is 13.2 Å². The molecule has 1 spiro atoms. The average Bonchev–Trinajstić information content (AvgIpc) is 2.66. The van der Waals surface area contributed by atoms with Gasteiger partial charge in [-0.25, -0.2) is 8.42 Å². The van der Waals surface area contributed by atoms with Crippen LogP contribution in [0.2, 0.25) is 0 Å². The van der Waals surface area contributed by atoms with Gasteiger partial charge in [0.05, 0.1) is 24.5 Å². The molecule has 16 heavy (non-hydrogen) atoms. The minimum atomic E-state index is -2.89. The Kier molecular flexibility index (Phi) is 2.96. The number of hydrogen-bond donors (Lipinski definition) is 1. The van der Waals surface area contributed by atoms with Gasteiger partial charge in [-0.2, -0.15) is 0 Å². The zero-order valence-electron chi connectivity index (χ0n) is 9.36. The van der Waals surface area contributed by atoms with E-state index in [-0.39, 0.29) is 28.9 Å². The molecule has 1 atom stereocenters. The average molecular weight is 247 g/mol. The Morgan fingerprint density at radius 3 is 2.56 bits per heavy atom. The van der Waals surface area contributed by atoms with Gasteiger partial charge >= 0.3 is 5.97 Å². The highest BCUT2D eigenvalue weighted by Gasteiger charge is 2.49. The molecule has 0 aromatic rings. The molecular formula is C10H17NO4S. The Balaban J connectivity index is 2.16. The lowest BCUT2D eigenvalue weighted by Gasteiger charge is -2.37. The van der Waals surface area contributed by atoms with Gasteiger partial charge in [0.1, 0.15) is 9.84 Å². The molecule has 0 radical (unpaired) electrons. The molecule has 5 nitrogen and oxygen atoms in total. The van der Waals surface area contributed by atoms with E-state index in [0.29, 0.717) is 12.8 Å². The highest BCUT2D eigenvalue weighted by Crippen LogP contribution is 2.37. The number of rotatable bonds is 1. The lowest BCUT2D eigenvalue weighted by Crippen LogP contribution is -2.52. The van der Waals surface area contributed by atoms with Gasteiger partial charge in [-0.3, -0.25) is 4.79 Å². The predicted molar refractivity (Wildman–Crippen MR) is 58.7 cm³/mol. The summed E-state index contributed by atoms with van der Waals surface area (Å²) in [5.74, 6) is -0.0571. The van der Waals surface area contributed by atoms with Crippen LogP contribution in [-0.2, 0) is 19.4 Å². The van der Waals surface area contributed by atoms with E-state index in [1.54, 1.807) is 0 Å². The number of ether oxygens (including phenoxy) is 1. The Morgan fingerprint density at radius 1 is 1.38 bits per heavy atom. The predicted octanol–water partition coefficient (Wildman–Crippen LogP) is -0.284. The summed E-state index contributed by atoms with van der Waals surface area (Å²) < 4.78 is 27.6. The molecule has 0 aromatic carbocycles. The highest BCUT2D eigenvalue weighted by molar-refractivity contribution is 7.91. The van der Waals surface area contributed by atoms with Gasteiger partial charge in [-0.05, 0) is 25.8 Å². The molecule has 2 heterocycles. The van der Waals surface area contributed by atoms with Crippen molar-refractivity contribution in [3.05, 3.63) is 0 Å². The van der Waals surface area contributed by atoms with Gasteiger partial charge in [-0.15, -0.1) is 0 Å². The largest absolute Gasteiger partial charge is 0.469 e. The second kappa shape index (κ2) is 4.00. The molecule has 1 N–H and O–H groups in total. The monoisotopic (exact) mass is 247 g/mol. The van der Waals surface area contributed by atoms with E-state index in [0.717, 1.165) is 13.0 Å². The number of nitrogens with one attached hydrogen (secondary N) is 1. The molecular weight excluding hydrogens is 230 g/mol. The smallest absolute Gasteiger partial charge is 0.310 e. The summed E-state index contributed by atoms with van der Waals surface area (Å²) in [5, 5.41) is 3.31. The molecule has 0 amide bonds. The summed E-state index contributed by atoms with van der Waals surface area (Å²) in [7, 11) is -1.51. The molecule has 0 bridgehead atoms. The van der Waals surface area contributed by atoms with Crippen molar-refractivity contribution in [1.29, 1.82) is 0 Å². The first kappa shape index (κ1) is 11.9. The molecule has 92 valence electrons. The zero-order chi connectivity index (χ0) is 11.8. The van der Waals surface area contributed by atoms with Crippen molar-refractivity contribution >= 4 is 15.8 Å². The molecule has 0 aliphatic carbocycles. The Morgan fingerprint density at radius 2 is 2.00 bits per heavy atom. The number of carbonyl (C=O) groups is 1. The van der Waals surface area contributed by atoms with E-state index in [1.807, 2.05) is 0 Å². The maximum atomic E-state index is 11.6. The first-order chi connectivity index (χ1) is 7.49. The van der Waals surface area contributed by atoms with Crippen LogP contribution in [0.3, 0.4) is 0 Å². The third kappa shape index (κ3) is 1.96. The molecule has 2 saturated heterocycles. The fourth-order valence-electron chi connectivity index (χ4n) is 2.78. The maximum absolute atomic E-state index is 11.6. The Labute approximate surface area is 95.5 Å². The van der Waals surface area contributed by atoms with Crippen LogP contribution in [0.4, 0.5) is 0 Å². The number of hydrogen-bond acceptors (Lipinski definition) is 5. The van der Waals surface area contributed by atoms with Crippen molar-refractivity contribution in [2.24, 2.45) is 5.92 Å². The highest BCUT2D eigenvalue weighted by atomic mass is 32.2. The number of sulfone groups is 1. The van der Waals surface area contributed by atoms with Gasteiger partial charge in [0.25, 0.3) is 0 Å². The van der Waals surface area contributed by atoms with Crippen LogP contribution >= 0.6 is 0 Å². The van der Waals surface area contributed by atoms with Crippen molar-refractivity contribution in [2.45, 2.75) is 24.8 Å². The minimum absolute atomic E-state index is 0.174. The quantitative estimate of drug-likeness (QED) is 0.645. The van der Waals surface area contributed by atoms with E-state index in [1.165, 1.54) is 7.11 Å². The molecule has 2 rings (SSSR count). The third-order valence-corrected chi connectivity index (χ3v) is 5.43. The van der Waals surface area contributed by atoms with Crippen molar-refractivity contribution in [1.82, 2.24) is 5.32 Å². The summed E-state index contributed by atoms with van der Waals surface area (Å²) in [6.07, 6.45) is 1.79. The van der Waals surface area contributed by atoms with E-state index < -0.39 is 9.84 Å². The number of methoxy groups -OCH3 is 1. The third-order valence-electron chi connectivity index (χ3n) is 3.78. The van der Waals surface area contributed by atoms with E-state index in [2.05, 4.69) is 5.32 Å². The van der Waals surface area contributed by atoms with E-state index in [4.69, 9.17) is 4.74 Å². The van der Waals surface area contributed by atoms with Crippen LogP contribution in [0.5, 0.6) is 0 Å². The maximum Gasteiger partial charge on any atom is 0.310 e. The fraction of sp³-hybridized carbons (Fsp3) is 0.900. The number of carbonyl (C=O) groups excluding carboxylic acids is 1. The van der Waals surface area contributed by atoms with Gasteiger partial charge < -0.3 is 10.1 Å². The lowest BCUT2D eigenvalue weighted by atomic mass is 9.80. The second-order valence-corrected chi connectivity index (χ2v) is 6.90. The molecule has 0 saturated carbocycles. The van der Waals surface area contributed by atoms with Gasteiger partial charge in [0.2, 0.25) is 0 Å². The van der Waals surface area contributed by atoms with Gasteiger partial charge in [-0.1, -0.05) is 0 Å². The van der Waals surface area contributed by atoms with Crippen molar-refractivity contribution < 1.29 is 17.9 Å². The summed E-state index contributed by atoms with van der Waals surface area (Å²) in [6, 6.07) is 0. The summed E-state index contributed by atoms with van der Waals surface area (Å²) in [5.41, 5.74) is -0.335. The summed E-state index contributed by atoms with van der Waals surface area (Å²) in [6.45, 7) is 0.764. The molecule has 6 heteroatoms. The van der Waals surface area contributed by atoms with Crippen LogP contribution in [0, 0.1) is 5.92 Å². The minimum Gasteiger partial charge on any atom is -0.469 e. The standard InChI is InChI=1S/C10H17NO4S/c1-15-9(12)8-2-5-11-10(8)3-6-16(13,14)7-4-10/h8,11H,2-7H2,1H3. The normalized spacial score (nSPS) is 31.4. The van der Waals surface area contributed by atoms with Crippen LogP contribution in [0.25, 0.3) is 0 Å². The van der Waals surface area contributed by atoms with Crippen LogP contribution in [0.1, 0.15) is 19.3 Å². The molecule has 2 aliphatic heterocycles. The first-order valence-electron chi connectivity index (χ1n) is 5.52. The van der Waals surface area contributed by atoms with Crippen LogP contribution in [-0.4, -0.2) is 45.1 Å². The molecule has 0 aromatic heterocycles. The lowest BCUT2D eigenvalue weighted by molar-refractivity contribution is -0.147. The SMILES string of the molecule is COC(=O)C1CCNC12CCS(=O)(=O)CC2. The van der Waals surface area contributed by atoms with Crippen molar-refractivity contribution in [3.63, 3.8) is 0 Å². The molecule has 2 fully saturated rings. The zero-order valence-corrected chi connectivity index (χ0v) is 10.2. The fourth-order valence-corrected chi connectivity index (χ4v) is 4.33. The topological polar surface area (TPSA) is 72.5 Å². The molecule has 2 aliphatic rings.